The normalized spacial score (nSPS) is 23.2. The molecule has 2 unspecified atom stereocenters. The molecule has 0 radical (unpaired) electrons. The van der Waals surface area contributed by atoms with Crippen molar-refractivity contribution >= 4 is 11.8 Å². The largest absolute Gasteiger partial charge is 0.356 e. The lowest BCUT2D eigenvalue weighted by molar-refractivity contribution is -0.129. The Bertz CT molecular complexity index is 658. The number of amides is 2. The van der Waals surface area contributed by atoms with Crippen molar-refractivity contribution in [3.05, 3.63) is 35.4 Å². The van der Waals surface area contributed by atoms with Crippen LogP contribution in [0, 0.1) is 12.8 Å². The van der Waals surface area contributed by atoms with Crippen molar-refractivity contribution in [2.75, 3.05) is 32.7 Å². The minimum atomic E-state index is -0.195. The van der Waals surface area contributed by atoms with E-state index in [1.807, 2.05) is 4.90 Å². The number of piperidine rings is 1. The predicted octanol–water partition coefficient (Wildman–Crippen LogP) is 2.77. The van der Waals surface area contributed by atoms with Crippen LogP contribution in [-0.4, -0.2) is 60.4 Å². The van der Waals surface area contributed by atoms with Crippen LogP contribution in [0.15, 0.2) is 24.3 Å². The van der Waals surface area contributed by atoms with Crippen molar-refractivity contribution in [3.63, 3.8) is 0 Å². The molecule has 2 heterocycles. The summed E-state index contributed by atoms with van der Waals surface area (Å²) in [5.74, 6) is -0.0493. The second-order valence-electron chi connectivity index (χ2n) is 8.50. The Morgan fingerprint density at radius 1 is 1.18 bits per heavy atom. The van der Waals surface area contributed by atoms with Crippen molar-refractivity contribution < 1.29 is 9.59 Å². The van der Waals surface area contributed by atoms with Crippen LogP contribution in [0.4, 0.5) is 0 Å². The monoisotopic (exact) mass is 385 g/mol. The molecule has 3 rings (SSSR count). The first kappa shape index (κ1) is 20.8. The van der Waals surface area contributed by atoms with E-state index in [-0.39, 0.29) is 17.7 Å². The number of hydrogen-bond acceptors (Lipinski definition) is 3. The molecule has 5 nitrogen and oxygen atoms in total. The highest BCUT2D eigenvalue weighted by molar-refractivity contribution is 5.89. The van der Waals surface area contributed by atoms with Crippen LogP contribution in [0.5, 0.6) is 0 Å². The van der Waals surface area contributed by atoms with Gasteiger partial charge in [0, 0.05) is 38.6 Å². The van der Waals surface area contributed by atoms with Gasteiger partial charge in [-0.05, 0) is 51.6 Å². The molecule has 0 saturated carbocycles. The maximum absolute atomic E-state index is 12.5. The van der Waals surface area contributed by atoms with Crippen LogP contribution in [0.25, 0.3) is 0 Å². The number of carbonyl (C=O) groups is 2. The molecular formula is C23H35N3O2. The summed E-state index contributed by atoms with van der Waals surface area (Å²) in [5.41, 5.74) is 2.48. The van der Waals surface area contributed by atoms with Crippen molar-refractivity contribution in [3.8, 4) is 0 Å². The summed E-state index contributed by atoms with van der Waals surface area (Å²) in [6.07, 6.45) is 6.09. The fourth-order valence-corrected chi connectivity index (χ4v) is 4.31. The maximum Gasteiger partial charge on any atom is 0.225 e. The molecule has 28 heavy (non-hydrogen) atoms. The predicted molar refractivity (Wildman–Crippen MR) is 112 cm³/mol. The molecule has 2 aliphatic heterocycles. The van der Waals surface area contributed by atoms with Gasteiger partial charge in [0.1, 0.15) is 0 Å². The number of nitrogens with zero attached hydrogens (tertiary/aromatic N) is 2. The highest BCUT2D eigenvalue weighted by atomic mass is 16.2. The van der Waals surface area contributed by atoms with Crippen LogP contribution in [0.2, 0.25) is 0 Å². The smallest absolute Gasteiger partial charge is 0.225 e. The number of aryl methyl sites for hydroxylation is 1. The van der Waals surface area contributed by atoms with Crippen molar-refractivity contribution in [2.45, 2.75) is 58.4 Å². The molecule has 5 heteroatoms. The van der Waals surface area contributed by atoms with Crippen LogP contribution in [0.1, 0.15) is 50.2 Å². The molecule has 154 valence electrons. The third-order valence-corrected chi connectivity index (χ3v) is 6.24. The summed E-state index contributed by atoms with van der Waals surface area (Å²) < 4.78 is 0. The van der Waals surface area contributed by atoms with E-state index in [1.165, 1.54) is 36.9 Å². The lowest BCUT2D eigenvalue weighted by atomic mass is 10.0. The highest BCUT2D eigenvalue weighted by Gasteiger charge is 2.33. The molecular weight excluding hydrogens is 350 g/mol. The van der Waals surface area contributed by atoms with Gasteiger partial charge >= 0.3 is 0 Å². The van der Waals surface area contributed by atoms with Gasteiger partial charge in [-0.15, -0.1) is 0 Å². The van der Waals surface area contributed by atoms with Gasteiger partial charge < -0.3 is 15.1 Å². The lowest BCUT2D eigenvalue weighted by Crippen LogP contribution is -2.40. The SMILES string of the molecule is Cc1ccc(CCN2CC(C(=O)NCCCN3CCCCC3C)CC2=O)cc1. The zero-order valence-corrected chi connectivity index (χ0v) is 17.5. The summed E-state index contributed by atoms with van der Waals surface area (Å²) in [6, 6.07) is 9.09. The standard InChI is InChI=1S/C23H35N3O2/c1-18-7-9-20(10-8-18)11-15-26-17-21(16-22(26)27)23(28)24-12-5-14-25-13-4-3-6-19(25)2/h7-10,19,21H,3-6,11-17H2,1-2H3,(H,24,28). The Morgan fingerprint density at radius 2 is 1.96 bits per heavy atom. The Labute approximate surface area is 169 Å². The molecule has 2 aliphatic rings. The zero-order chi connectivity index (χ0) is 19.9. The van der Waals surface area contributed by atoms with Gasteiger partial charge in [0.2, 0.25) is 11.8 Å². The molecule has 0 aliphatic carbocycles. The van der Waals surface area contributed by atoms with Crippen molar-refractivity contribution in [1.29, 1.82) is 0 Å². The van der Waals surface area contributed by atoms with Gasteiger partial charge in [0.25, 0.3) is 0 Å². The lowest BCUT2D eigenvalue weighted by Gasteiger charge is -2.33. The molecule has 0 bridgehead atoms. The summed E-state index contributed by atoms with van der Waals surface area (Å²) in [5, 5.41) is 3.06. The van der Waals surface area contributed by atoms with Gasteiger partial charge in [-0.25, -0.2) is 0 Å². The van der Waals surface area contributed by atoms with Crippen LogP contribution >= 0.6 is 0 Å². The van der Waals surface area contributed by atoms with E-state index in [4.69, 9.17) is 0 Å². The molecule has 2 amide bonds. The number of rotatable bonds is 8. The molecule has 2 fully saturated rings. The Balaban J connectivity index is 1.35. The van der Waals surface area contributed by atoms with Crippen molar-refractivity contribution in [1.82, 2.24) is 15.1 Å². The minimum absolute atomic E-state index is 0.0397. The van der Waals surface area contributed by atoms with Crippen LogP contribution in [-0.2, 0) is 16.0 Å². The van der Waals surface area contributed by atoms with Gasteiger partial charge in [0.15, 0.2) is 0 Å². The Morgan fingerprint density at radius 3 is 2.71 bits per heavy atom. The number of hydrogen-bond donors (Lipinski definition) is 1. The summed E-state index contributed by atoms with van der Waals surface area (Å²) in [6.45, 7) is 8.56. The van der Waals surface area contributed by atoms with Gasteiger partial charge in [0.05, 0.1) is 5.92 Å². The van der Waals surface area contributed by atoms with E-state index in [0.29, 0.717) is 32.1 Å². The zero-order valence-electron chi connectivity index (χ0n) is 17.5. The summed E-state index contributed by atoms with van der Waals surface area (Å²) >= 11 is 0. The highest BCUT2D eigenvalue weighted by Crippen LogP contribution is 2.19. The maximum atomic E-state index is 12.5. The minimum Gasteiger partial charge on any atom is -0.356 e. The molecule has 2 saturated heterocycles. The third kappa shape index (κ3) is 5.81. The second kappa shape index (κ2) is 10.1. The Hall–Kier alpha value is -1.88. The molecule has 1 N–H and O–H groups in total. The molecule has 1 aromatic carbocycles. The summed E-state index contributed by atoms with van der Waals surface area (Å²) in [7, 11) is 0. The quantitative estimate of drug-likeness (QED) is 0.700. The molecule has 0 aromatic heterocycles. The van der Waals surface area contributed by atoms with E-state index in [0.717, 1.165) is 19.4 Å². The van der Waals surface area contributed by atoms with E-state index < -0.39 is 0 Å². The van der Waals surface area contributed by atoms with Gasteiger partial charge in [-0.3, -0.25) is 9.59 Å². The number of benzene rings is 1. The first-order chi connectivity index (χ1) is 13.5. The van der Waals surface area contributed by atoms with E-state index in [9.17, 15) is 9.59 Å². The molecule has 1 aromatic rings. The fourth-order valence-electron chi connectivity index (χ4n) is 4.31. The Kier molecular flexibility index (Phi) is 7.49. The number of nitrogens with one attached hydrogen (secondary N) is 1. The first-order valence-electron chi connectivity index (χ1n) is 10.9. The number of likely N-dealkylation sites (tertiary alicyclic amines) is 2. The fraction of sp³-hybridized carbons (Fsp3) is 0.652. The van der Waals surface area contributed by atoms with E-state index in [2.05, 4.69) is 48.3 Å². The van der Waals surface area contributed by atoms with Gasteiger partial charge in [-0.2, -0.15) is 0 Å². The van der Waals surface area contributed by atoms with Gasteiger partial charge in [-0.1, -0.05) is 36.2 Å². The van der Waals surface area contributed by atoms with Crippen molar-refractivity contribution in [2.24, 2.45) is 5.92 Å². The van der Waals surface area contributed by atoms with E-state index in [1.54, 1.807) is 0 Å². The topological polar surface area (TPSA) is 52.7 Å². The average molecular weight is 386 g/mol. The molecule has 0 spiro atoms. The third-order valence-electron chi connectivity index (χ3n) is 6.24. The first-order valence-corrected chi connectivity index (χ1v) is 10.9. The van der Waals surface area contributed by atoms with Crippen LogP contribution < -0.4 is 5.32 Å². The second-order valence-corrected chi connectivity index (χ2v) is 8.50. The summed E-state index contributed by atoms with van der Waals surface area (Å²) in [4.78, 5) is 29.1. The average Bonchev–Trinajstić information content (AvgIpc) is 3.07. The number of carbonyl (C=O) groups excluding carboxylic acids is 2. The molecule has 2 atom stereocenters. The van der Waals surface area contributed by atoms with Crippen LogP contribution in [0.3, 0.4) is 0 Å². The van der Waals surface area contributed by atoms with E-state index >= 15 is 0 Å².